The third-order valence-corrected chi connectivity index (χ3v) is 3.63. The largest absolute Gasteiger partial charge is 0.373 e. The fourth-order valence-corrected chi connectivity index (χ4v) is 2.47. The van der Waals surface area contributed by atoms with E-state index in [1.807, 2.05) is 54.6 Å². The zero-order chi connectivity index (χ0) is 16.8. The van der Waals surface area contributed by atoms with Crippen molar-refractivity contribution in [3.8, 4) is 0 Å². The summed E-state index contributed by atoms with van der Waals surface area (Å²) in [6, 6.07) is 18.6. The van der Waals surface area contributed by atoms with Crippen molar-refractivity contribution in [1.82, 2.24) is 4.98 Å². The fourth-order valence-electron chi connectivity index (χ4n) is 2.47. The molecule has 2 aromatic carbocycles. The van der Waals surface area contributed by atoms with Crippen molar-refractivity contribution >= 4 is 41.7 Å². The Morgan fingerprint density at radius 1 is 1.00 bits per heavy atom. The highest BCUT2D eigenvalue weighted by Crippen LogP contribution is 2.17. The summed E-state index contributed by atoms with van der Waals surface area (Å²) in [7, 11) is 0. The van der Waals surface area contributed by atoms with Gasteiger partial charge in [-0.05, 0) is 24.1 Å². The average molecular weight is 395 g/mol. The zero-order valence-electron chi connectivity index (χ0n) is 13.9. The van der Waals surface area contributed by atoms with Gasteiger partial charge in [-0.25, -0.2) is 4.79 Å². The second-order valence-electron chi connectivity index (χ2n) is 5.48. The van der Waals surface area contributed by atoms with Crippen LogP contribution in [0.4, 0.5) is 0 Å². The van der Waals surface area contributed by atoms with E-state index in [0.717, 1.165) is 16.5 Å². The summed E-state index contributed by atoms with van der Waals surface area (Å²) in [6.45, 7) is 0.129. The van der Waals surface area contributed by atoms with Crippen LogP contribution in [0.2, 0.25) is 0 Å². The summed E-state index contributed by atoms with van der Waals surface area (Å²) in [5, 5.41) is 0.724. The normalized spacial score (nSPS) is 11.1. The molecule has 0 unspecified atom stereocenters. The van der Waals surface area contributed by atoms with Crippen molar-refractivity contribution in [3.05, 3.63) is 78.0 Å². The number of carbonyl (C=O) groups is 1. The number of rotatable bonds is 6. The Kier molecular flexibility index (Phi) is 9.02. The van der Waals surface area contributed by atoms with E-state index < -0.39 is 5.97 Å². The molecule has 3 rings (SSSR count). The Hall–Kier alpha value is -2.18. The van der Waals surface area contributed by atoms with Gasteiger partial charge in [-0.2, -0.15) is 4.89 Å². The SMILES string of the molecule is Cl.Cl.N[C@@H](COOC(=O)c1ccnc2ccccc12)Cc1ccccc1. The van der Waals surface area contributed by atoms with E-state index in [2.05, 4.69) is 4.98 Å². The van der Waals surface area contributed by atoms with Gasteiger partial charge in [-0.1, -0.05) is 48.5 Å². The zero-order valence-corrected chi connectivity index (χ0v) is 15.5. The molecule has 2 N–H and O–H groups in total. The van der Waals surface area contributed by atoms with Gasteiger partial charge in [0.15, 0.2) is 0 Å². The molecule has 1 heterocycles. The molecule has 7 heteroatoms. The third kappa shape index (κ3) is 5.68. The molecule has 0 aliphatic rings. The molecular formula is C19H20Cl2N2O3. The highest BCUT2D eigenvalue weighted by molar-refractivity contribution is 6.02. The number of halogens is 2. The van der Waals surface area contributed by atoms with Gasteiger partial charge < -0.3 is 5.73 Å². The van der Waals surface area contributed by atoms with Crippen LogP contribution in [0.5, 0.6) is 0 Å². The fraction of sp³-hybridized carbons (Fsp3) is 0.158. The molecule has 1 atom stereocenters. The molecule has 0 spiro atoms. The number of carbonyl (C=O) groups excluding carboxylic acids is 1. The van der Waals surface area contributed by atoms with Gasteiger partial charge >= 0.3 is 5.97 Å². The molecule has 1 aromatic heterocycles. The van der Waals surface area contributed by atoms with Crippen molar-refractivity contribution in [2.75, 3.05) is 6.61 Å². The van der Waals surface area contributed by atoms with Crippen LogP contribution >= 0.6 is 24.8 Å². The van der Waals surface area contributed by atoms with Gasteiger partial charge in [0.05, 0.1) is 11.1 Å². The second kappa shape index (κ2) is 10.7. The number of nitrogens with zero attached hydrogens (tertiary/aromatic N) is 1. The summed E-state index contributed by atoms with van der Waals surface area (Å²) >= 11 is 0. The minimum absolute atomic E-state index is 0. The lowest BCUT2D eigenvalue weighted by molar-refractivity contribution is -0.243. The van der Waals surface area contributed by atoms with Crippen LogP contribution in [0.15, 0.2) is 66.9 Å². The second-order valence-corrected chi connectivity index (χ2v) is 5.48. The first kappa shape index (κ1) is 21.9. The van der Waals surface area contributed by atoms with Crippen LogP contribution in [0.1, 0.15) is 15.9 Å². The lowest BCUT2D eigenvalue weighted by atomic mass is 10.1. The maximum Gasteiger partial charge on any atom is 0.373 e. The molecular weight excluding hydrogens is 375 g/mol. The number of nitrogens with two attached hydrogens (primary N) is 1. The standard InChI is InChI=1S/C19H18N2O3.2ClH/c20-15(12-14-6-2-1-3-7-14)13-23-24-19(22)17-10-11-21-18-9-5-4-8-16(17)18;;/h1-11,15H,12-13,20H2;2*1H/t15-;;/m1../s1. The van der Waals surface area contributed by atoms with Crippen molar-refractivity contribution in [2.45, 2.75) is 12.5 Å². The molecule has 138 valence electrons. The van der Waals surface area contributed by atoms with Crippen LogP contribution in [0.3, 0.4) is 0 Å². The number of pyridine rings is 1. The van der Waals surface area contributed by atoms with Crippen molar-refractivity contribution in [3.63, 3.8) is 0 Å². The summed E-state index contributed by atoms with van der Waals surface area (Å²) < 4.78 is 0. The predicted molar refractivity (Wildman–Crippen MR) is 106 cm³/mol. The minimum atomic E-state index is -0.555. The first-order chi connectivity index (χ1) is 11.7. The van der Waals surface area contributed by atoms with E-state index in [9.17, 15) is 4.79 Å². The molecule has 0 radical (unpaired) electrons. The maximum absolute atomic E-state index is 12.2. The highest BCUT2D eigenvalue weighted by atomic mass is 35.5. The molecule has 26 heavy (non-hydrogen) atoms. The van der Waals surface area contributed by atoms with E-state index in [1.165, 1.54) is 0 Å². The predicted octanol–water partition coefficient (Wildman–Crippen LogP) is 3.74. The number of para-hydroxylation sites is 1. The molecule has 0 saturated heterocycles. The lowest BCUT2D eigenvalue weighted by Gasteiger charge is -2.11. The molecule has 0 saturated carbocycles. The van der Waals surface area contributed by atoms with Crippen molar-refractivity contribution in [1.29, 1.82) is 0 Å². The topological polar surface area (TPSA) is 74.4 Å². The number of hydrogen-bond acceptors (Lipinski definition) is 5. The molecule has 0 aliphatic heterocycles. The number of hydrogen-bond donors (Lipinski definition) is 1. The number of fused-ring (bicyclic) bond motifs is 1. The Morgan fingerprint density at radius 3 is 2.46 bits per heavy atom. The lowest BCUT2D eigenvalue weighted by Crippen LogP contribution is -2.29. The van der Waals surface area contributed by atoms with Crippen molar-refractivity contribution in [2.24, 2.45) is 5.73 Å². The quantitative estimate of drug-likeness (QED) is 0.509. The van der Waals surface area contributed by atoms with Crippen LogP contribution in [0.25, 0.3) is 10.9 Å². The Bertz CT molecular complexity index is 826. The molecule has 0 amide bonds. The van der Waals surface area contributed by atoms with Crippen LogP contribution in [-0.2, 0) is 16.2 Å². The summed E-state index contributed by atoms with van der Waals surface area (Å²) in [5.74, 6) is -0.555. The summed E-state index contributed by atoms with van der Waals surface area (Å²) in [5.41, 5.74) is 8.25. The van der Waals surface area contributed by atoms with E-state index in [0.29, 0.717) is 12.0 Å². The first-order valence-electron chi connectivity index (χ1n) is 7.71. The van der Waals surface area contributed by atoms with Gasteiger partial charge in [0.2, 0.25) is 0 Å². The average Bonchev–Trinajstić information content (AvgIpc) is 2.62. The van der Waals surface area contributed by atoms with Crippen LogP contribution in [0, 0.1) is 0 Å². The van der Waals surface area contributed by atoms with Crippen molar-refractivity contribution < 1.29 is 14.6 Å². The van der Waals surface area contributed by atoms with Gasteiger partial charge in [-0.15, -0.1) is 24.8 Å². The molecule has 5 nitrogen and oxygen atoms in total. The van der Waals surface area contributed by atoms with E-state index in [1.54, 1.807) is 12.3 Å². The van der Waals surface area contributed by atoms with E-state index >= 15 is 0 Å². The molecule has 0 aliphatic carbocycles. The molecule has 0 bridgehead atoms. The van der Waals surface area contributed by atoms with E-state index in [-0.39, 0.29) is 37.5 Å². The molecule has 0 fully saturated rings. The van der Waals surface area contributed by atoms with Gasteiger partial charge in [0.1, 0.15) is 6.61 Å². The van der Waals surface area contributed by atoms with Gasteiger partial charge in [-0.3, -0.25) is 9.87 Å². The summed E-state index contributed by atoms with van der Waals surface area (Å²) in [4.78, 5) is 26.3. The Labute approximate surface area is 164 Å². The number of aromatic nitrogens is 1. The first-order valence-corrected chi connectivity index (χ1v) is 7.71. The van der Waals surface area contributed by atoms with E-state index in [4.69, 9.17) is 15.5 Å². The highest BCUT2D eigenvalue weighted by Gasteiger charge is 2.14. The molecule has 3 aromatic rings. The van der Waals surface area contributed by atoms with Gasteiger partial charge in [0, 0.05) is 17.6 Å². The maximum atomic E-state index is 12.2. The Morgan fingerprint density at radius 2 is 1.69 bits per heavy atom. The van der Waals surface area contributed by atoms with Crippen LogP contribution < -0.4 is 5.73 Å². The monoisotopic (exact) mass is 394 g/mol. The minimum Gasteiger partial charge on any atom is -0.325 e. The van der Waals surface area contributed by atoms with Crippen LogP contribution in [-0.4, -0.2) is 23.6 Å². The van der Waals surface area contributed by atoms with Gasteiger partial charge in [0.25, 0.3) is 0 Å². The third-order valence-electron chi connectivity index (χ3n) is 3.63. The smallest absolute Gasteiger partial charge is 0.325 e. The Balaban J connectivity index is 0.00000169. The number of benzene rings is 2. The summed E-state index contributed by atoms with van der Waals surface area (Å²) in [6.07, 6.45) is 2.22.